The van der Waals surface area contributed by atoms with Gasteiger partial charge in [-0.1, -0.05) is 41.1 Å². The quantitative estimate of drug-likeness (QED) is 0.714. The van der Waals surface area contributed by atoms with Crippen LogP contribution in [0.4, 0.5) is 0 Å². The maximum absolute atomic E-state index is 8.51. The third kappa shape index (κ3) is 2.93. The van der Waals surface area contributed by atoms with Crippen LogP contribution in [0, 0.1) is 11.8 Å². The number of benzene rings is 1. The Balaban J connectivity index is 2.95. The van der Waals surface area contributed by atoms with Crippen LogP contribution in [0.15, 0.2) is 18.2 Å². The minimum absolute atomic E-state index is 0.0507. The van der Waals surface area contributed by atoms with Crippen LogP contribution in [0.3, 0.4) is 0 Å². The Morgan fingerprint density at radius 3 is 2.38 bits per heavy atom. The molecule has 0 saturated carbocycles. The van der Waals surface area contributed by atoms with Crippen LogP contribution in [0.5, 0.6) is 0 Å². The molecule has 0 bridgehead atoms. The van der Waals surface area contributed by atoms with Gasteiger partial charge in [0, 0.05) is 6.42 Å². The van der Waals surface area contributed by atoms with Gasteiger partial charge in [0.1, 0.15) is 0 Å². The highest BCUT2D eigenvalue weighted by atomic mass is 35.5. The van der Waals surface area contributed by atoms with Crippen molar-refractivity contribution in [3.8, 4) is 11.8 Å². The molecule has 0 heterocycles. The van der Waals surface area contributed by atoms with Crippen molar-refractivity contribution in [2.24, 2.45) is 0 Å². The Bertz CT molecular complexity index is 329. The Morgan fingerprint density at radius 2 is 1.85 bits per heavy atom. The van der Waals surface area contributed by atoms with Crippen molar-refractivity contribution in [1.82, 2.24) is 0 Å². The van der Waals surface area contributed by atoms with Crippen molar-refractivity contribution in [1.29, 1.82) is 0 Å². The third-order valence-corrected chi connectivity index (χ3v) is 2.04. The van der Waals surface area contributed by atoms with Gasteiger partial charge in [0.05, 0.1) is 22.2 Å². The van der Waals surface area contributed by atoms with Crippen molar-refractivity contribution < 1.29 is 5.11 Å². The van der Waals surface area contributed by atoms with Crippen LogP contribution in [0.1, 0.15) is 12.0 Å². The standard InChI is InChI=1S/C10H8Cl2O/c11-9-5-3-6-10(12)8(9)4-1-2-7-13/h3,5-6,13H,2,7H2. The van der Waals surface area contributed by atoms with Crippen LogP contribution in [0.25, 0.3) is 0 Å². The molecule has 1 N–H and O–H groups in total. The number of aliphatic hydroxyl groups excluding tert-OH is 1. The Hall–Kier alpha value is -0.680. The van der Waals surface area contributed by atoms with Gasteiger partial charge in [-0.2, -0.15) is 0 Å². The molecule has 68 valence electrons. The fourth-order valence-corrected chi connectivity index (χ4v) is 1.32. The van der Waals surface area contributed by atoms with E-state index in [2.05, 4.69) is 11.8 Å². The molecule has 0 saturated heterocycles. The van der Waals surface area contributed by atoms with Gasteiger partial charge in [-0.25, -0.2) is 0 Å². The Morgan fingerprint density at radius 1 is 1.23 bits per heavy atom. The summed E-state index contributed by atoms with van der Waals surface area (Å²) in [5, 5.41) is 9.59. The van der Waals surface area contributed by atoms with Crippen molar-refractivity contribution in [2.45, 2.75) is 6.42 Å². The molecule has 0 fully saturated rings. The normalized spacial score (nSPS) is 9.15. The summed E-state index contributed by atoms with van der Waals surface area (Å²) in [5.74, 6) is 5.57. The van der Waals surface area contributed by atoms with E-state index < -0.39 is 0 Å². The van der Waals surface area contributed by atoms with E-state index in [4.69, 9.17) is 28.3 Å². The van der Waals surface area contributed by atoms with Crippen LogP contribution in [0.2, 0.25) is 10.0 Å². The first-order valence-corrected chi connectivity index (χ1v) is 4.55. The topological polar surface area (TPSA) is 20.2 Å². The predicted molar refractivity (Wildman–Crippen MR) is 55.0 cm³/mol. The molecule has 0 aliphatic heterocycles. The maximum atomic E-state index is 8.51. The monoisotopic (exact) mass is 214 g/mol. The fraction of sp³-hybridized carbons (Fsp3) is 0.200. The molecule has 0 radical (unpaired) electrons. The van der Waals surface area contributed by atoms with E-state index in [0.717, 1.165) is 0 Å². The molecule has 1 rings (SSSR count). The predicted octanol–water partition coefficient (Wildman–Crippen LogP) is 2.73. The van der Waals surface area contributed by atoms with Crippen LogP contribution in [-0.2, 0) is 0 Å². The SMILES string of the molecule is OCCC#Cc1c(Cl)cccc1Cl. The van der Waals surface area contributed by atoms with Crippen molar-refractivity contribution in [3.63, 3.8) is 0 Å². The molecule has 13 heavy (non-hydrogen) atoms. The molecule has 0 spiro atoms. The van der Waals surface area contributed by atoms with Gasteiger partial charge in [0.15, 0.2) is 0 Å². The van der Waals surface area contributed by atoms with E-state index in [1.807, 2.05) is 0 Å². The Kier molecular flexibility index (Phi) is 4.11. The van der Waals surface area contributed by atoms with E-state index in [0.29, 0.717) is 22.0 Å². The third-order valence-electron chi connectivity index (χ3n) is 1.41. The van der Waals surface area contributed by atoms with E-state index in [9.17, 15) is 0 Å². The first-order valence-electron chi connectivity index (χ1n) is 3.79. The van der Waals surface area contributed by atoms with Gasteiger partial charge >= 0.3 is 0 Å². The second kappa shape index (κ2) is 5.14. The van der Waals surface area contributed by atoms with E-state index >= 15 is 0 Å². The molecule has 0 aliphatic rings. The Labute approximate surface area is 87.3 Å². The summed E-state index contributed by atoms with van der Waals surface area (Å²) in [7, 11) is 0. The van der Waals surface area contributed by atoms with Gasteiger partial charge in [0.2, 0.25) is 0 Å². The highest BCUT2D eigenvalue weighted by Crippen LogP contribution is 2.22. The largest absolute Gasteiger partial charge is 0.395 e. The molecule has 3 heteroatoms. The van der Waals surface area contributed by atoms with E-state index in [1.54, 1.807) is 18.2 Å². The van der Waals surface area contributed by atoms with E-state index in [1.165, 1.54) is 0 Å². The zero-order valence-electron chi connectivity index (χ0n) is 6.85. The minimum Gasteiger partial charge on any atom is -0.395 e. The molecule has 0 unspecified atom stereocenters. The molecule has 1 aromatic carbocycles. The average Bonchev–Trinajstić information content (AvgIpc) is 2.10. The molecule has 1 aromatic rings. The first kappa shape index (κ1) is 10.4. The lowest BCUT2D eigenvalue weighted by molar-refractivity contribution is 0.305. The summed E-state index contributed by atoms with van der Waals surface area (Å²) in [6.45, 7) is 0.0507. The number of hydrogen-bond donors (Lipinski definition) is 1. The van der Waals surface area contributed by atoms with Crippen LogP contribution in [-0.4, -0.2) is 11.7 Å². The summed E-state index contributed by atoms with van der Waals surface area (Å²) < 4.78 is 0. The highest BCUT2D eigenvalue weighted by molar-refractivity contribution is 6.36. The van der Waals surface area contributed by atoms with Crippen LogP contribution < -0.4 is 0 Å². The van der Waals surface area contributed by atoms with Crippen LogP contribution >= 0.6 is 23.2 Å². The molecular weight excluding hydrogens is 207 g/mol. The molecule has 0 amide bonds. The lowest BCUT2D eigenvalue weighted by Gasteiger charge is -1.97. The zero-order chi connectivity index (χ0) is 9.68. The molecule has 1 nitrogen and oxygen atoms in total. The molecule has 0 aliphatic carbocycles. The molecule has 0 atom stereocenters. The smallest absolute Gasteiger partial charge is 0.0617 e. The number of halogens is 2. The number of rotatable bonds is 1. The van der Waals surface area contributed by atoms with Gasteiger partial charge in [-0.15, -0.1) is 0 Å². The van der Waals surface area contributed by atoms with Gasteiger partial charge in [-0.3, -0.25) is 0 Å². The number of aliphatic hydroxyl groups is 1. The van der Waals surface area contributed by atoms with Gasteiger partial charge in [-0.05, 0) is 12.1 Å². The van der Waals surface area contributed by atoms with Crippen molar-refractivity contribution >= 4 is 23.2 Å². The second-order valence-corrected chi connectivity index (χ2v) is 3.19. The summed E-state index contributed by atoms with van der Waals surface area (Å²) in [6.07, 6.45) is 0.432. The number of hydrogen-bond acceptors (Lipinski definition) is 1. The lowest BCUT2D eigenvalue weighted by atomic mass is 10.2. The molecule has 0 aromatic heterocycles. The summed E-state index contributed by atoms with van der Waals surface area (Å²) in [6, 6.07) is 5.23. The van der Waals surface area contributed by atoms with Crippen molar-refractivity contribution in [3.05, 3.63) is 33.8 Å². The van der Waals surface area contributed by atoms with E-state index in [-0.39, 0.29) is 6.61 Å². The fourth-order valence-electron chi connectivity index (χ4n) is 0.824. The second-order valence-electron chi connectivity index (χ2n) is 2.37. The first-order chi connectivity index (χ1) is 6.25. The maximum Gasteiger partial charge on any atom is 0.0617 e. The molecular formula is C10H8Cl2O. The van der Waals surface area contributed by atoms with Gasteiger partial charge in [0.25, 0.3) is 0 Å². The summed E-state index contributed by atoms with van der Waals surface area (Å²) in [5.41, 5.74) is 0.624. The highest BCUT2D eigenvalue weighted by Gasteiger charge is 2.00. The average molecular weight is 215 g/mol. The summed E-state index contributed by atoms with van der Waals surface area (Å²) in [4.78, 5) is 0. The zero-order valence-corrected chi connectivity index (χ0v) is 8.36. The van der Waals surface area contributed by atoms with Crippen molar-refractivity contribution in [2.75, 3.05) is 6.61 Å². The minimum atomic E-state index is 0.0507. The summed E-state index contributed by atoms with van der Waals surface area (Å²) >= 11 is 11.7. The lowest BCUT2D eigenvalue weighted by Crippen LogP contribution is -1.80. The van der Waals surface area contributed by atoms with Gasteiger partial charge < -0.3 is 5.11 Å².